The Morgan fingerprint density at radius 3 is 2.28 bits per heavy atom. The molecular weight excluding hydrogens is 629 g/mol. The molecule has 0 spiro atoms. The predicted molar refractivity (Wildman–Crippen MR) is 174 cm³/mol. The molecule has 0 aliphatic heterocycles. The molecule has 0 bridgehead atoms. The van der Waals surface area contributed by atoms with Crippen molar-refractivity contribution in [3.8, 4) is 0 Å². The van der Waals surface area contributed by atoms with Gasteiger partial charge in [0.1, 0.15) is 6.04 Å². The maximum atomic E-state index is 14.0. The molecule has 0 aromatic heterocycles. The molecule has 1 N–H and O–H groups in total. The molecule has 3 aromatic carbocycles. The Kier molecular flexibility index (Phi) is 11.8. The topological polar surface area (TPSA) is 86.8 Å². The van der Waals surface area contributed by atoms with E-state index in [9.17, 15) is 18.0 Å². The minimum Gasteiger partial charge on any atom is -0.352 e. The lowest BCUT2D eigenvalue weighted by Gasteiger charge is -2.33. The second-order valence-corrected chi connectivity index (χ2v) is 14.0. The van der Waals surface area contributed by atoms with Crippen LogP contribution in [0, 0.1) is 0 Å². The van der Waals surface area contributed by atoms with Crippen LogP contribution in [0.3, 0.4) is 0 Å². The van der Waals surface area contributed by atoms with Crippen LogP contribution < -0.4 is 9.62 Å². The number of hydrogen-bond donors (Lipinski definition) is 1. The van der Waals surface area contributed by atoms with Gasteiger partial charge in [-0.2, -0.15) is 0 Å². The van der Waals surface area contributed by atoms with Gasteiger partial charge < -0.3 is 10.2 Å². The van der Waals surface area contributed by atoms with Gasteiger partial charge in [0.25, 0.3) is 0 Å². The zero-order chi connectivity index (χ0) is 31.0. The van der Waals surface area contributed by atoms with E-state index in [1.165, 1.54) is 12.1 Å². The Labute approximate surface area is 269 Å². The van der Waals surface area contributed by atoms with E-state index in [0.29, 0.717) is 22.0 Å². The summed E-state index contributed by atoms with van der Waals surface area (Å²) in [6, 6.07) is 20.7. The van der Waals surface area contributed by atoms with Crippen LogP contribution in [0.15, 0.2) is 72.8 Å². The lowest BCUT2D eigenvalue weighted by atomic mass is 10.0. The van der Waals surface area contributed by atoms with E-state index in [-0.39, 0.29) is 54.5 Å². The summed E-state index contributed by atoms with van der Waals surface area (Å²) in [5.41, 5.74) is 1.88. The monoisotopic (exact) mass is 663 g/mol. The SMILES string of the molecule is CS(=O)(=O)N(CCCC(=O)N(Cc1ccccc1Cl)[C@@H](Cc1ccccc1)C(=O)NC1CCCC1)c1cc(Cl)ccc1Cl. The molecule has 2 amide bonds. The number of amides is 2. The molecule has 0 unspecified atom stereocenters. The summed E-state index contributed by atoms with van der Waals surface area (Å²) in [6.07, 6.45) is 5.54. The van der Waals surface area contributed by atoms with Crippen LogP contribution in [0.2, 0.25) is 15.1 Å². The average Bonchev–Trinajstić information content (AvgIpc) is 3.48. The molecule has 1 aliphatic rings. The highest BCUT2D eigenvalue weighted by molar-refractivity contribution is 7.92. The smallest absolute Gasteiger partial charge is 0.243 e. The number of nitrogens with zero attached hydrogens (tertiary/aromatic N) is 2. The first kappa shape index (κ1) is 33.1. The third kappa shape index (κ3) is 9.35. The average molecular weight is 665 g/mol. The van der Waals surface area contributed by atoms with Crippen molar-refractivity contribution < 1.29 is 18.0 Å². The Hall–Kier alpha value is -2.78. The normalized spacial score (nSPS) is 14.3. The van der Waals surface area contributed by atoms with Crippen molar-refractivity contribution in [3.05, 3.63) is 99.0 Å². The number of nitrogens with one attached hydrogen (secondary N) is 1. The van der Waals surface area contributed by atoms with Crippen LogP contribution >= 0.6 is 34.8 Å². The van der Waals surface area contributed by atoms with Crippen molar-refractivity contribution in [2.24, 2.45) is 0 Å². The standard InChI is InChI=1S/C32H36Cl3N3O4S/c1-43(41,42)38(29-21-25(33)17-18-28(29)35)19-9-16-31(39)37(22-24-12-5-8-15-27(24)34)30(20-23-10-3-2-4-11-23)32(40)36-26-13-6-7-14-26/h2-5,8,10-12,15,17-18,21,26,30H,6-7,9,13-14,16,19-20,22H2,1H3,(H,36,40)/t30-/m0/s1. The van der Waals surface area contributed by atoms with E-state index in [1.54, 1.807) is 17.0 Å². The van der Waals surface area contributed by atoms with Gasteiger partial charge in [0, 0.05) is 42.0 Å². The fourth-order valence-corrected chi connectivity index (χ4v) is 6.99. The van der Waals surface area contributed by atoms with Crippen LogP contribution in [0.5, 0.6) is 0 Å². The third-order valence-corrected chi connectivity index (χ3v) is 9.70. The molecule has 1 atom stereocenters. The van der Waals surface area contributed by atoms with Crippen LogP contribution in [-0.4, -0.2) is 50.0 Å². The summed E-state index contributed by atoms with van der Waals surface area (Å²) in [5, 5.41) is 4.25. The lowest BCUT2D eigenvalue weighted by Crippen LogP contribution is -2.52. The van der Waals surface area contributed by atoms with Gasteiger partial charge in [-0.15, -0.1) is 0 Å². The molecule has 43 heavy (non-hydrogen) atoms. The summed E-state index contributed by atoms with van der Waals surface area (Å²) in [4.78, 5) is 29.4. The minimum absolute atomic E-state index is 0.00217. The quantitative estimate of drug-likeness (QED) is 0.216. The van der Waals surface area contributed by atoms with Crippen LogP contribution in [0.4, 0.5) is 5.69 Å². The molecule has 1 aliphatic carbocycles. The molecule has 0 radical (unpaired) electrons. The van der Waals surface area contributed by atoms with Gasteiger partial charge >= 0.3 is 0 Å². The maximum Gasteiger partial charge on any atom is 0.243 e. The Bertz CT molecular complexity index is 1520. The number of halogens is 3. The number of hydrogen-bond acceptors (Lipinski definition) is 4. The molecule has 4 rings (SSSR count). The van der Waals surface area contributed by atoms with Crippen molar-refractivity contribution in [3.63, 3.8) is 0 Å². The molecule has 0 heterocycles. The lowest BCUT2D eigenvalue weighted by molar-refractivity contribution is -0.141. The van der Waals surface area contributed by atoms with Crippen LogP contribution in [0.1, 0.15) is 49.7 Å². The van der Waals surface area contributed by atoms with Gasteiger partial charge in [-0.1, -0.05) is 96.2 Å². The highest BCUT2D eigenvalue weighted by Gasteiger charge is 2.32. The molecule has 3 aromatic rings. The van der Waals surface area contributed by atoms with E-state index in [0.717, 1.165) is 41.8 Å². The molecule has 230 valence electrons. The predicted octanol–water partition coefficient (Wildman–Crippen LogP) is 6.89. The molecule has 0 saturated heterocycles. The van der Waals surface area contributed by atoms with Crippen LogP contribution in [-0.2, 0) is 32.6 Å². The summed E-state index contributed by atoms with van der Waals surface area (Å²) in [5.74, 6) is -0.493. The number of carbonyl (C=O) groups excluding carboxylic acids is 2. The third-order valence-electron chi connectivity index (χ3n) is 7.60. The van der Waals surface area contributed by atoms with Crippen molar-refractivity contribution in [2.75, 3.05) is 17.1 Å². The molecule has 1 fully saturated rings. The van der Waals surface area contributed by atoms with E-state index in [4.69, 9.17) is 34.8 Å². The minimum atomic E-state index is -3.73. The number of anilines is 1. The van der Waals surface area contributed by atoms with Gasteiger partial charge in [-0.25, -0.2) is 8.42 Å². The Balaban J connectivity index is 1.61. The second kappa shape index (κ2) is 15.3. The first-order valence-corrected chi connectivity index (χ1v) is 17.3. The zero-order valence-electron chi connectivity index (χ0n) is 24.0. The van der Waals surface area contributed by atoms with Crippen molar-refractivity contribution in [2.45, 2.75) is 63.6 Å². The van der Waals surface area contributed by atoms with Crippen LogP contribution in [0.25, 0.3) is 0 Å². The van der Waals surface area contributed by atoms with Gasteiger partial charge in [0.15, 0.2) is 0 Å². The van der Waals surface area contributed by atoms with E-state index >= 15 is 0 Å². The molecular formula is C32H36Cl3N3O4S. The summed E-state index contributed by atoms with van der Waals surface area (Å²) < 4.78 is 26.6. The fourth-order valence-electron chi connectivity index (χ4n) is 5.39. The highest BCUT2D eigenvalue weighted by atomic mass is 35.5. The highest BCUT2D eigenvalue weighted by Crippen LogP contribution is 2.31. The van der Waals surface area contributed by atoms with Gasteiger partial charge in [-0.3, -0.25) is 13.9 Å². The number of rotatable bonds is 13. The number of sulfonamides is 1. The first-order chi connectivity index (χ1) is 20.5. The molecule has 11 heteroatoms. The molecule has 7 nitrogen and oxygen atoms in total. The number of carbonyl (C=O) groups is 2. The number of benzene rings is 3. The Morgan fingerprint density at radius 2 is 1.60 bits per heavy atom. The van der Waals surface area contributed by atoms with E-state index in [2.05, 4.69) is 5.32 Å². The van der Waals surface area contributed by atoms with E-state index < -0.39 is 16.1 Å². The van der Waals surface area contributed by atoms with Crippen molar-refractivity contribution in [1.82, 2.24) is 10.2 Å². The van der Waals surface area contributed by atoms with Crippen molar-refractivity contribution >= 4 is 62.3 Å². The zero-order valence-corrected chi connectivity index (χ0v) is 27.1. The van der Waals surface area contributed by atoms with E-state index in [1.807, 2.05) is 48.5 Å². The largest absolute Gasteiger partial charge is 0.352 e. The van der Waals surface area contributed by atoms with Gasteiger partial charge in [-0.05, 0) is 54.7 Å². The van der Waals surface area contributed by atoms with Crippen molar-refractivity contribution in [1.29, 1.82) is 0 Å². The van der Waals surface area contributed by atoms with Gasteiger partial charge in [0.05, 0.1) is 17.0 Å². The van der Waals surface area contributed by atoms with Gasteiger partial charge in [0.2, 0.25) is 21.8 Å². The molecule has 1 saturated carbocycles. The summed E-state index contributed by atoms with van der Waals surface area (Å²) in [6.45, 7) is 0.131. The fraction of sp³-hybridized carbons (Fsp3) is 0.375. The summed E-state index contributed by atoms with van der Waals surface area (Å²) >= 11 is 19.0. The Morgan fingerprint density at radius 1 is 0.930 bits per heavy atom. The maximum absolute atomic E-state index is 14.0. The second-order valence-electron chi connectivity index (χ2n) is 10.8. The summed E-state index contributed by atoms with van der Waals surface area (Å²) in [7, 11) is -3.73. The first-order valence-electron chi connectivity index (χ1n) is 14.3.